The molecule has 1 saturated heterocycles. The largest absolute Gasteiger partial charge is 0.416 e. The van der Waals surface area contributed by atoms with Crippen LogP contribution in [0.5, 0.6) is 0 Å². The molecule has 1 aliphatic rings. The predicted octanol–water partition coefficient (Wildman–Crippen LogP) is 4.00. The number of anilines is 2. The van der Waals surface area contributed by atoms with Crippen molar-refractivity contribution in [3.63, 3.8) is 0 Å². The van der Waals surface area contributed by atoms with Gasteiger partial charge in [-0.1, -0.05) is 11.6 Å². The number of nitrogens with zero attached hydrogens (tertiary/aromatic N) is 4. The Bertz CT molecular complexity index is 883. The number of amides is 1. The lowest BCUT2D eigenvalue weighted by Gasteiger charge is -2.36. The Hall–Kier alpha value is -2.39. The van der Waals surface area contributed by atoms with Crippen molar-refractivity contribution in [2.24, 2.45) is 0 Å². The molecule has 1 fully saturated rings. The summed E-state index contributed by atoms with van der Waals surface area (Å²) in [4.78, 5) is 25.0. The fourth-order valence-corrected chi connectivity index (χ4v) is 3.55. The van der Waals surface area contributed by atoms with E-state index in [9.17, 15) is 18.0 Å². The van der Waals surface area contributed by atoms with Crippen LogP contribution in [0.15, 0.2) is 30.6 Å². The molecule has 0 spiro atoms. The maximum absolute atomic E-state index is 12.9. The van der Waals surface area contributed by atoms with E-state index in [2.05, 4.69) is 15.3 Å². The van der Waals surface area contributed by atoms with E-state index in [4.69, 9.17) is 11.6 Å². The number of halogens is 4. The molecule has 2 aromatic rings. The lowest BCUT2D eigenvalue weighted by atomic mass is 10.0. The van der Waals surface area contributed by atoms with Crippen molar-refractivity contribution < 1.29 is 18.0 Å². The maximum Gasteiger partial charge on any atom is 0.416 e. The van der Waals surface area contributed by atoms with E-state index in [0.29, 0.717) is 19.0 Å². The number of rotatable bonds is 5. The third kappa shape index (κ3) is 5.60. The summed E-state index contributed by atoms with van der Waals surface area (Å²) in [5.74, 6) is 0.265. The zero-order valence-corrected chi connectivity index (χ0v) is 17.5. The Morgan fingerprint density at radius 3 is 2.50 bits per heavy atom. The number of likely N-dealkylation sites (tertiary alicyclic amines) is 1. The van der Waals surface area contributed by atoms with Gasteiger partial charge in [0.15, 0.2) is 0 Å². The van der Waals surface area contributed by atoms with Gasteiger partial charge in [-0.15, -0.1) is 0 Å². The third-order valence-corrected chi connectivity index (χ3v) is 5.45. The van der Waals surface area contributed by atoms with Crippen LogP contribution in [0.4, 0.5) is 24.8 Å². The molecule has 10 heteroatoms. The summed E-state index contributed by atoms with van der Waals surface area (Å²) >= 11 is 5.94. The second kappa shape index (κ2) is 9.18. The summed E-state index contributed by atoms with van der Waals surface area (Å²) < 4.78 is 38.6. The summed E-state index contributed by atoms with van der Waals surface area (Å²) in [5, 5.41) is 2.56. The van der Waals surface area contributed by atoms with Crippen LogP contribution in [-0.2, 0) is 11.0 Å². The number of hydrogen-bond acceptors (Lipinski definition) is 5. The van der Waals surface area contributed by atoms with Crippen LogP contribution in [0.1, 0.15) is 24.0 Å². The molecule has 1 aromatic carbocycles. The molecular weight excluding hydrogens is 419 g/mol. The molecule has 0 unspecified atom stereocenters. The zero-order chi connectivity index (χ0) is 21.9. The number of benzene rings is 1. The van der Waals surface area contributed by atoms with E-state index in [1.807, 2.05) is 23.8 Å². The van der Waals surface area contributed by atoms with Crippen LogP contribution in [-0.4, -0.2) is 53.5 Å². The molecule has 1 aliphatic heterocycles. The topological polar surface area (TPSA) is 61.4 Å². The third-order valence-electron chi connectivity index (χ3n) is 5.12. The molecule has 2 heterocycles. The Labute approximate surface area is 178 Å². The van der Waals surface area contributed by atoms with E-state index < -0.39 is 17.6 Å². The van der Waals surface area contributed by atoms with Crippen LogP contribution in [0.3, 0.4) is 0 Å². The number of piperidine rings is 1. The summed E-state index contributed by atoms with van der Waals surface area (Å²) in [6.07, 6.45) is 0.699. The SMILES string of the molecule is Cc1cnc(N(C)C2CCN(CC(=O)Nc3cc(C(F)(F)F)ccc3Cl)CC2)nc1. The van der Waals surface area contributed by atoms with Crippen LogP contribution >= 0.6 is 11.6 Å². The van der Waals surface area contributed by atoms with Crippen molar-refractivity contribution in [1.82, 2.24) is 14.9 Å². The van der Waals surface area contributed by atoms with Gasteiger partial charge in [-0.25, -0.2) is 9.97 Å². The van der Waals surface area contributed by atoms with Crippen molar-refractivity contribution >= 4 is 29.1 Å². The highest BCUT2D eigenvalue weighted by atomic mass is 35.5. The van der Waals surface area contributed by atoms with Gasteiger partial charge in [0.25, 0.3) is 0 Å². The van der Waals surface area contributed by atoms with Gasteiger partial charge in [-0.3, -0.25) is 9.69 Å². The Morgan fingerprint density at radius 1 is 1.27 bits per heavy atom. The van der Waals surface area contributed by atoms with E-state index >= 15 is 0 Å². The monoisotopic (exact) mass is 441 g/mol. The number of nitrogens with one attached hydrogen (secondary N) is 1. The van der Waals surface area contributed by atoms with Gasteiger partial charge in [0.1, 0.15) is 0 Å². The maximum atomic E-state index is 12.9. The number of hydrogen-bond donors (Lipinski definition) is 1. The van der Waals surface area contributed by atoms with E-state index in [1.54, 1.807) is 12.4 Å². The molecule has 6 nitrogen and oxygen atoms in total. The van der Waals surface area contributed by atoms with Gasteiger partial charge in [0.05, 0.1) is 22.8 Å². The van der Waals surface area contributed by atoms with Crippen LogP contribution < -0.4 is 10.2 Å². The minimum atomic E-state index is -4.50. The van der Waals surface area contributed by atoms with Gasteiger partial charge < -0.3 is 10.2 Å². The van der Waals surface area contributed by atoms with Crippen molar-refractivity contribution in [3.05, 3.63) is 46.7 Å². The molecule has 0 saturated carbocycles. The van der Waals surface area contributed by atoms with Gasteiger partial charge in [0, 0.05) is 38.6 Å². The second-order valence-corrected chi connectivity index (χ2v) is 7.83. The number of alkyl halides is 3. The summed E-state index contributed by atoms with van der Waals surface area (Å²) in [7, 11) is 1.95. The van der Waals surface area contributed by atoms with Gasteiger partial charge in [-0.05, 0) is 43.5 Å². The fraction of sp³-hybridized carbons (Fsp3) is 0.450. The predicted molar refractivity (Wildman–Crippen MR) is 110 cm³/mol. The highest BCUT2D eigenvalue weighted by molar-refractivity contribution is 6.33. The van der Waals surface area contributed by atoms with Crippen LogP contribution in [0, 0.1) is 6.92 Å². The van der Waals surface area contributed by atoms with Crippen molar-refractivity contribution in [3.8, 4) is 0 Å². The summed E-state index contributed by atoms with van der Waals surface area (Å²) in [5.41, 5.74) is 0.0980. The molecule has 1 amide bonds. The normalized spacial score (nSPS) is 15.8. The first kappa shape index (κ1) is 22.3. The van der Waals surface area contributed by atoms with Crippen LogP contribution in [0.2, 0.25) is 5.02 Å². The van der Waals surface area contributed by atoms with Crippen LogP contribution in [0.25, 0.3) is 0 Å². The first-order valence-electron chi connectivity index (χ1n) is 9.54. The molecule has 0 bridgehead atoms. The molecule has 162 valence electrons. The highest BCUT2D eigenvalue weighted by Crippen LogP contribution is 2.33. The number of carbonyl (C=O) groups is 1. The fourth-order valence-electron chi connectivity index (χ4n) is 3.39. The molecule has 30 heavy (non-hydrogen) atoms. The average molecular weight is 442 g/mol. The average Bonchev–Trinajstić information content (AvgIpc) is 2.69. The molecule has 0 atom stereocenters. The second-order valence-electron chi connectivity index (χ2n) is 7.42. The Balaban J connectivity index is 1.53. The number of aryl methyl sites for hydroxylation is 1. The quantitative estimate of drug-likeness (QED) is 0.760. The highest BCUT2D eigenvalue weighted by Gasteiger charge is 2.31. The van der Waals surface area contributed by atoms with E-state index in [-0.39, 0.29) is 23.3 Å². The standard InChI is InChI=1S/C20H23ClF3N5O/c1-13-10-25-19(26-11-13)28(2)15-5-7-29(8-6-15)12-18(30)27-17-9-14(20(22,23)24)3-4-16(17)21/h3-4,9-11,15H,5-8,12H2,1-2H3,(H,27,30). The number of carbonyl (C=O) groups excluding carboxylic acids is 1. The Kier molecular flexibility index (Phi) is 6.82. The minimum Gasteiger partial charge on any atom is -0.341 e. The van der Waals surface area contributed by atoms with E-state index in [1.165, 1.54) is 0 Å². The smallest absolute Gasteiger partial charge is 0.341 e. The molecule has 3 rings (SSSR count). The number of aromatic nitrogens is 2. The molecule has 0 radical (unpaired) electrons. The van der Waals surface area contributed by atoms with Gasteiger partial charge in [-0.2, -0.15) is 13.2 Å². The molecular formula is C20H23ClF3N5O. The summed E-state index contributed by atoms with van der Waals surface area (Å²) in [6, 6.07) is 3.12. The van der Waals surface area contributed by atoms with Crippen molar-refractivity contribution in [2.75, 3.05) is 36.9 Å². The first-order valence-corrected chi connectivity index (χ1v) is 9.91. The molecule has 0 aliphatic carbocycles. The van der Waals surface area contributed by atoms with Crippen molar-refractivity contribution in [1.29, 1.82) is 0 Å². The van der Waals surface area contributed by atoms with Gasteiger partial charge in [0.2, 0.25) is 11.9 Å². The summed E-state index contributed by atoms with van der Waals surface area (Å²) in [6.45, 7) is 3.39. The molecule has 1 aromatic heterocycles. The lowest BCUT2D eigenvalue weighted by molar-refractivity contribution is -0.137. The van der Waals surface area contributed by atoms with Gasteiger partial charge >= 0.3 is 6.18 Å². The lowest BCUT2D eigenvalue weighted by Crippen LogP contribution is -2.46. The Morgan fingerprint density at radius 2 is 1.90 bits per heavy atom. The van der Waals surface area contributed by atoms with Crippen molar-refractivity contribution in [2.45, 2.75) is 32.0 Å². The van der Waals surface area contributed by atoms with E-state index in [0.717, 1.165) is 36.6 Å². The zero-order valence-electron chi connectivity index (χ0n) is 16.7. The molecule has 1 N–H and O–H groups in total. The first-order chi connectivity index (χ1) is 14.1. The minimum absolute atomic E-state index is 0.0392.